The summed E-state index contributed by atoms with van der Waals surface area (Å²) in [5, 5.41) is 22.6. The molecule has 0 fully saturated rings. The first-order valence-corrected chi connectivity index (χ1v) is 11.6. The number of benzene rings is 3. The first-order chi connectivity index (χ1) is 16.7. The van der Waals surface area contributed by atoms with Crippen molar-refractivity contribution in [2.75, 3.05) is 7.11 Å². The van der Waals surface area contributed by atoms with Crippen LogP contribution in [-0.4, -0.2) is 35.2 Å². The Labute approximate surface area is 203 Å². The number of carbonyl (C=O) groups is 3. The minimum absolute atomic E-state index is 0.0359. The minimum atomic E-state index is -1.08. The average Bonchev–Trinajstić information content (AvgIpc) is 2.87. The van der Waals surface area contributed by atoms with E-state index in [1.807, 2.05) is 0 Å². The number of carboxylic acids is 2. The molecule has 3 aromatic rings. The van der Waals surface area contributed by atoms with E-state index in [4.69, 9.17) is 14.9 Å². The maximum absolute atomic E-state index is 12.1. The molecule has 0 heterocycles. The number of methoxy groups -OCH3 is 1. The van der Waals surface area contributed by atoms with Gasteiger partial charge in [-0.15, -0.1) is 0 Å². The van der Waals surface area contributed by atoms with Gasteiger partial charge in [-0.2, -0.15) is 0 Å². The molecule has 3 aromatic carbocycles. The Morgan fingerprint density at radius 2 is 1.71 bits per heavy atom. The second-order valence-corrected chi connectivity index (χ2v) is 9.24. The van der Waals surface area contributed by atoms with Gasteiger partial charge in [0.2, 0.25) is 0 Å². The number of rotatable bonds is 3. The van der Waals surface area contributed by atoms with Gasteiger partial charge in [0.05, 0.1) is 18.4 Å². The van der Waals surface area contributed by atoms with Crippen LogP contribution >= 0.6 is 0 Å². The normalized spacial score (nSPS) is 20.9. The first kappa shape index (κ1) is 24.2. The molecule has 2 aliphatic rings. The molecule has 180 valence electrons. The quantitative estimate of drug-likeness (QED) is 0.378. The molecule has 2 N–H and O–H groups in total. The van der Waals surface area contributed by atoms with Crippen molar-refractivity contribution in [2.24, 2.45) is 5.41 Å². The Balaban J connectivity index is 0.000000191. The van der Waals surface area contributed by atoms with Crippen molar-refractivity contribution in [2.45, 2.75) is 38.5 Å². The molecule has 0 aliphatic heterocycles. The molecular weight excluding hydrogens is 444 g/mol. The predicted octanol–water partition coefficient (Wildman–Crippen LogP) is 5.63. The van der Waals surface area contributed by atoms with E-state index in [2.05, 4.69) is 48.5 Å². The molecule has 2 aliphatic carbocycles. The van der Waals surface area contributed by atoms with Gasteiger partial charge in [0.15, 0.2) is 0 Å². The average molecular weight is 473 g/mol. The number of carbonyl (C=O) groups excluding carboxylic acids is 1. The smallest absolute Gasteiger partial charge is 0.331 e. The highest BCUT2D eigenvalue weighted by molar-refractivity contribution is 6.09. The number of aryl methyl sites for hydroxylation is 1. The highest BCUT2D eigenvalue weighted by Gasteiger charge is 2.34. The van der Waals surface area contributed by atoms with Crippen molar-refractivity contribution in [3.05, 3.63) is 83.5 Å². The summed E-state index contributed by atoms with van der Waals surface area (Å²) in [5.74, 6) is -2.28. The number of carboxylic acid groups (broad SMARTS) is 2. The largest absolute Gasteiger partial charge is 0.481 e. The zero-order valence-electron chi connectivity index (χ0n) is 19.8. The predicted molar refractivity (Wildman–Crippen MR) is 134 cm³/mol. The van der Waals surface area contributed by atoms with E-state index in [1.165, 1.54) is 59.4 Å². The van der Waals surface area contributed by atoms with E-state index in [1.54, 1.807) is 0 Å². The lowest BCUT2D eigenvalue weighted by molar-refractivity contribution is -0.145. The Morgan fingerprint density at radius 1 is 0.971 bits per heavy atom. The number of hydrogen-bond donors (Lipinski definition) is 2. The van der Waals surface area contributed by atoms with Crippen LogP contribution in [-0.2, 0) is 25.5 Å². The fourth-order valence-electron chi connectivity index (χ4n) is 4.98. The van der Waals surface area contributed by atoms with Gasteiger partial charge in [0.1, 0.15) is 0 Å². The van der Waals surface area contributed by atoms with Gasteiger partial charge in [-0.3, -0.25) is 9.59 Å². The number of aliphatic carboxylic acids is 2. The molecule has 0 amide bonds. The number of hydrogen-bond acceptors (Lipinski definition) is 4. The summed E-state index contributed by atoms with van der Waals surface area (Å²) in [7, 11) is 1.48. The molecule has 0 saturated heterocycles. The third kappa shape index (κ3) is 4.69. The van der Waals surface area contributed by atoms with Crippen LogP contribution in [0.25, 0.3) is 21.5 Å². The van der Waals surface area contributed by atoms with Crippen molar-refractivity contribution >= 4 is 39.5 Å². The zero-order valence-corrected chi connectivity index (χ0v) is 19.8. The molecule has 35 heavy (non-hydrogen) atoms. The van der Waals surface area contributed by atoms with Crippen molar-refractivity contribution in [1.82, 2.24) is 0 Å². The summed E-state index contributed by atoms with van der Waals surface area (Å²) in [4.78, 5) is 33.4. The summed E-state index contributed by atoms with van der Waals surface area (Å²) >= 11 is 0. The van der Waals surface area contributed by atoms with Gasteiger partial charge in [-0.05, 0) is 65.3 Å². The fourth-order valence-corrected chi connectivity index (χ4v) is 4.98. The molecule has 0 radical (unpaired) electrons. The molecule has 6 heteroatoms. The standard InChI is InChI=1S/C20H18O2.C9H10O4/c1-22-20(21)19-8-4-7-15-17-10-9-13-5-2-3-6-14(13)16(17)11-12-18(15)19;1-9(8(12)13)4-2-3-6(5-9)7(10)11/h2-3,5-6,9-12,19H,4,7-8H2,1H3;2-4H,5H2,1H3,(H,10,11)(H,12,13). The van der Waals surface area contributed by atoms with E-state index >= 15 is 0 Å². The molecule has 2 atom stereocenters. The molecular formula is C29H28O6. The summed E-state index contributed by atoms with van der Waals surface area (Å²) in [6, 6.07) is 17.1. The lowest BCUT2D eigenvalue weighted by atomic mass is 9.80. The molecule has 2 unspecified atom stereocenters. The van der Waals surface area contributed by atoms with Crippen molar-refractivity contribution in [3.8, 4) is 0 Å². The van der Waals surface area contributed by atoms with E-state index in [9.17, 15) is 14.4 Å². The van der Waals surface area contributed by atoms with Gasteiger partial charge >= 0.3 is 17.9 Å². The van der Waals surface area contributed by atoms with Crippen LogP contribution in [0.4, 0.5) is 0 Å². The second-order valence-electron chi connectivity index (χ2n) is 9.24. The van der Waals surface area contributed by atoms with E-state index < -0.39 is 17.4 Å². The van der Waals surface area contributed by atoms with Crippen LogP contribution in [0.1, 0.15) is 43.2 Å². The van der Waals surface area contributed by atoms with Gasteiger partial charge in [0, 0.05) is 5.57 Å². The van der Waals surface area contributed by atoms with Crippen LogP contribution < -0.4 is 0 Å². The number of allylic oxidation sites excluding steroid dienone is 2. The van der Waals surface area contributed by atoms with Gasteiger partial charge in [0.25, 0.3) is 0 Å². The fraction of sp³-hybridized carbons (Fsp3) is 0.276. The minimum Gasteiger partial charge on any atom is -0.481 e. The molecule has 0 aromatic heterocycles. The summed E-state index contributed by atoms with van der Waals surface area (Å²) in [5.41, 5.74) is 1.53. The van der Waals surface area contributed by atoms with Crippen molar-refractivity contribution in [3.63, 3.8) is 0 Å². The van der Waals surface area contributed by atoms with Gasteiger partial charge in [-0.25, -0.2) is 4.79 Å². The molecule has 5 rings (SSSR count). The molecule has 0 bridgehead atoms. The Hall–Kier alpha value is -3.93. The topological polar surface area (TPSA) is 101 Å². The van der Waals surface area contributed by atoms with E-state index in [-0.39, 0.29) is 23.9 Å². The van der Waals surface area contributed by atoms with Crippen LogP contribution in [0, 0.1) is 5.41 Å². The first-order valence-electron chi connectivity index (χ1n) is 11.6. The lowest BCUT2D eigenvalue weighted by Gasteiger charge is -2.25. The SMILES string of the molecule is CC1(C(=O)O)C=CC=C(C(=O)O)C1.COC(=O)C1CCCc2c1ccc1c2ccc2ccccc21. The van der Waals surface area contributed by atoms with E-state index in [0.29, 0.717) is 0 Å². The maximum Gasteiger partial charge on any atom is 0.331 e. The van der Waals surface area contributed by atoms with Crippen molar-refractivity contribution in [1.29, 1.82) is 0 Å². The zero-order chi connectivity index (χ0) is 25.2. The maximum atomic E-state index is 12.1. The van der Waals surface area contributed by atoms with Crippen molar-refractivity contribution < 1.29 is 29.3 Å². The lowest BCUT2D eigenvalue weighted by Crippen LogP contribution is -2.28. The highest BCUT2D eigenvalue weighted by atomic mass is 16.5. The van der Waals surface area contributed by atoms with Crippen LogP contribution in [0.2, 0.25) is 0 Å². The number of ether oxygens (including phenoxy) is 1. The van der Waals surface area contributed by atoms with Crippen LogP contribution in [0.3, 0.4) is 0 Å². The Kier molecular flexibility index (Phi) is 6.74. The number of esters is 1. The highest BCUT2D eigenvalue weighted by Crippen LogP contribution is 2.38. The molecule has 0 spiro atoms. The Bertz CT molecular complexity index is 1380. The third-order valence-corrected chi connectivity index (χ3v) is 6.94. The molecule has 0 saturated carbocycles. The monoisotopic (exact) mass is 472 g/mol. The summed E-state index contributed by atoms with van der Waals surface area (Å²) < 4.78 is 4.99. The second kappa shape index (κ2) is 9.74. The molecule has 6 nitrogen and oxygen atoms in total. The van der Waals surface area contributed by atoms with Crippen LogP contribution in [0.5, 0.6) is 0 Å². The van der Waals surface area contributed by atoms with Crippen LogP contribution in [0.15, 0.2) is 72.3 Å². The Morgan fingerprint density at radius 3 is 2.43 bits per heavy atom. The van der Waals surface area contributed by atoms with E-state index in [0.717, 1.165) is 24.8 Å². The third-order valence-electron chi connectivity index (χ3n) is 6.94. The van der Waals surface area contributed by atoms with Gasteiger partial charge in [-0.1, -0.05) is 66.8 Å². The van der Waals surface area contributed by atoms with Gasteiger partial charge < -0.3 is 14.9 Å². The summed E-state index contributed by atoms with van der Waals surface area (Å²) in [6.45, 7) is 1.50. The number of fused-ring (bicyclic) bond motifs is 5. The summed E-state index contributed by atoms with van der Waals surface area (Å²) in [6.07, 6.45) is 7.40.